The van der Waals surface area contributed by atoms with Gasteiger partial charge in [0.15, 0.2) is 0 Å². The van der Waals surface area contributed by atoms with E-state index in [0.717, 1.165) is 5.56 Å². The van der Waals surface area contributed by atoms with E-state index >= 15 is 0 Å². The van der Waals surface area contributed by atoms with Crippen LogP contribution in [0.15, 0.2) is 53.6 Å². The SMILES string of the molecule is O=c1c2cc(O)cnc2ccn1Cc1ccc(Cl)cc1. The zero-order valence-corrected chi connectivity index (χ0v) is 11.2. The Morgan fingerprint density at radius 3 is 2.70 bits per heavy atom. The first-order valence-corrected chi connectivity index (χ1v) is 6.44. The predicted octanol–water partition coefficient (Wildman–Crippen LogP) is 2.80. The average Bonchev–Trinajstić information content (AvgIpc) is 2.45. The van der Waals surface area contributed by atoms with Crippen LogP contribution < -0.4 is 5.56 Å². The molecule has 4 nitrogen and oxygen atoms in total. The lowest BCUT2D eigenvalue weighted by molar-refractivity contribution is 0.474. The van der Waals surface area contributed by atoms with Crippen LogP contribution in [0.2, 0.25) is 5.02 Å². The number of halogens is 1. The van der Waals surface area contributed by atoms with Crippen LogP contribution in [0, 0.1) is 0 Å². The molecule has 0 amide bonds. The normalized spacial score (nSPS) is 10.8. The van der Waals surface area contributed by atoms with Gasteiger partial charge in [-0.05, 0) is 29.8 Å². The van der Waals surface area contributed by atoms with Gasteiger partial charge >= 0.3 is 0 Å². The first kappa shape index (κ1) is 12.7. The molecule has 2 aromatic heterocycles. The zero-order valence-electron chi connectivity index (χ0n) is 10.5. The van der Waals surface area contributed by atoms with Crippen LogP contribution in [-0.4, -0.2) is 14.7 Å². The van der Waals surface area contributed by atoms with Crippen molar-refractivity contribution in [3.05, 3.63) is 69.7 Å². The van der Waals surface area contributed by atoms with E-state index in [2.05, 4.69) is 4.98 Å². The minimum atomic E-state index is -0.180. The van der Waals surface area contributed by atoms with Crippen LogP contribution in [0.4, 0.5) is 0 Å². The molecule has 0 unspecified atom stereocenters. The fraction of sp³-hybridized carbons (Fsp3) is 0.0667. The molecule has 0 aliphatic rings. The molecule has 0 saturated heterocycles. The first-order chi connectivity index (χ1) is 9.63. The second kappa shape index (κ2) is 4.98. The average molecular weight is 287 g/mol. The summed E-state index contributed by atoms with van der Waals surface area (Å²) in [4.78, 5) is 16.4. The van der Waals surface area contributed by atoms with Gasteiger partial charge in [-0.2, -0.15) is 0 Å². The third-order valence-electron chi connectivity index (χ3n) is 3.07. The molecule has 0 aliphatic heterocycles. The van der Waals surface area contributed by atoms with Crippen LogP contribution in [-0.2, 0) is 6.54 Å². The number of nitrogens with zero attached hydrogens (tertiary/aromatic N) is 2. The smallest absolute Gasteiger partial charge is 0.260 e. The number of pyridine rings is 2. The van der Waals surface area contributed by atoms with Gasteiger partial charge in [0.2, 0.25) is 0 Å². The molecule has 0 spiro atoms. The highest BCUT2D eigenvalue weighted by molar-refractivity contribution is 6.30. The highest BCUT2D eigenvalue weighted by Gasteiger charge is 2.05. The molecule has 1 N–H and O–H groups in total. The van der Waals surface area contributed by atoms with Crippen molar-refractivity contribution < 1.29 is 5.11 Å². The van der Waals surface area contributed by atoms with Gasteiger partial charge in [0.1, 0.15) is 5.75 Å². The quantitative estimate of drug-likeness (QED) is 0.788. The molecule has 0 bridgehead atoms. The van der Waals surface area contributed by atoms with Gasteiger partial charge in [0, 0.05) is 11.2 Å². The fourth-order valence-corrected chi connectivity index (χ4v) is 2.19. The maximum absolute atomic E-state index is 12.3. The number of hydrogen-bond acceptors (Lipinski definition) is 3. The fourth-order valence-electron chi connectivity index (χ4n) is 2.06. The van der Waals surface area contributed by atoms with Crippen LogP contribution in [0.5, 0.6) is 5.75 Å². The van der Waals surface area contributed by atoms with Crippen molar-refractivity contribution in [1.29, 1.82) is 0 Å². The highest BCUT2D eigenvalue weighted by atomic mass is 35.5. The lowest BCUT2D eigenvalue weighted by Crippen LogP contribution is -2.20. The van der Waals surface area contributed by atoms with Crippen molar-refractivity contribution in [3.63, 3.8) is 0 Å². The molecular weight excluding hydrogens is 276 g/mol. The summed E-state index contributed by atoms with van der Waals surface area (Å²) in [6.07, 6.45) is 3.02. The lowest BCUT2D eigenvalue weighted by atomic mass is 10.2. The Kier molecular flexibility index (Phi) is 3.16. The molecule has 100 valence electrons. The van der Waals surface area contributed by atoms with Gasteiger partial charge < -0.3 is 9.67 Å². The Balaban J connectivity index is 2.06. The number of rotatable bonds is 2. The molecule has 5 heteroatoms. The van der Waals surface area contributed by atoms with Crippen molar-refractivity contribution in [2.75, 3.05) is 0 Å². The molecule has 3 rings (SSSR count). The highest BCUT2D eigenvalue weighted by Crippen LogP contribution is 2.14. The summed E-state index contributed by atoms with van der Waals surface area (Å²) >= 11 is 5.84. The maximum Gasteiger partial charge on any atom is 0.260 e. The lowest BCUT2D eigenvalue weighted by Gasteiger charge is -2.07. The number of benzene rings is 1. The minimum Gasteiger partial charge on any atom is -0.506 e. The molecule has 0 fully saturated rings. The third-order valence-corrected chi connectivity index (χ3v) is 3.33. The standard InChI is InChI=1S/C15H11ClN2O2/c16-11-3-1-10(2-4-11)9-18-6-5-14-13(15(18)20)7-12(19)8-17-14/h1-8,19H,9H2. The van der Waals surface area contributed by atoms with Crippen molar-refractivity contribution in [2.45, 2.75) is 6.54 Å². The van der Waals surface area contributed by atoms with Crippen LogP contribution in [0.3, 0.4) is 0 Å². The molecule has 1 aromatic carbocycles. The summed E-state index contributed by atoms with van der Waals surface area (Å²) in [5.74, 6) is -0.0150. The molecule has 0 saturated carbocycles. The molecular formula is C15H11ClN2O2. The van der Waals surface area contributed by atoms with E-state index in [-0.39, 0.29) is 11.3 Å². The van der Waals surface area contributed by atoms with Crippen LogP contribution in [0.25, 0.3) is 10.9 Å². The Hall–Kier alpha value is -2.33. The number of aromatic nitrogens is 2. The van der Waals surface area contributed by atoms with Crippen LogP contribution >= 0.6 is 11.6 Å². The summed E-state index contributed by atoms with van der Waals surface area (Å²) in [5, 5.41) is 10.5. The number of fused-ring (bicyclic) bond motifs is 1. The van der Waals surface area contributed by atoms with Gasteiger partial charge in [-0.1, -0.05) is 23.7 Å². The monoisotopic (exact) mass is 286 g/mol. The molecule has 0 aliphatic carbocycles. The number of aromatic hydroxyl groups is 1. The summed E-state index contributed by atoms with van der Waals surface area (Å²) in [6.45, 7) is 0.446. The van der Waals surface area contributed by atoms with Crippen molar-refractivity contribution >= 4 is 22.5 Å². The first-order valence-electron chi connectivity index (χ1n) is 6.06. The van der Waals surface area contributed by atoms with E-state index in [1.165, 1.54) is 12.3 Å². The second-order valence-electron chi connectivity index (χ2n) is 4.50. The third kappa shape index (κ3) is 2.38. The summed E-state index contributed by atoms with van der Waals surface area (Å²) in [6, 6.07) is 10.5. The van der Waals surface area contributed by atoms with Crippen LogP contribution in [0.1, 0.15) is 5.56 Å². The summed E-state index contributed by atoms with van der Waals surface area (Å²) in [7, 11) is 0. The molecule has 3 aromatic rings. The Morgan fingerprint density at radius 1 is 1.20 bits per heavy atom. The summed E-state index contributed by atoms with van der Waals surface area (Å²) in [5.41, 5.74) is 1.37. The zero-order chi connectivity index (χ0) is 14.1. The second-order valence-corrected chi connectivity index (χ2v) is 4.94. The van der Waals surface area contributed by atoms with Crippen molar-refractivity contribution in [2.24, 2.45) is 0 Å². The van der Waals surface area contributed by atoms with E-state index in [9.17, 15) is 9.90 Å². The van der Waals surface area contributed by atoms with Gasteiger partial charge in [-0.25, -0.2) is 0 Å². The molecule has 0 radical (unpaired) electrons. The minimum absolute atomic E-state index is 0.0150. The number of hydrogen-bond donors (Lipinski definition) is 1. The predicted molar refractivity (Wildman–Crippen MR) is 78.2 cm³/mol. The molecule has 20 heavy (non-hydrogen) atoms. The van der Waals surface area contributed by atoms with E-state index in [1.54, 1.807) is 29.0 Å². The maximum atomic E-state index is 12.3. The van der Waals surface area contributed by atoms with Gasteiger partial charge in [-0.15, -0.1) is 0 Å². The summed E-state index contributed by atoms with van der Waals surface area (Å²) < 4.78 is 1.58. The van der Waals surface area contributed by atoms with Gasteiger partial charge in [-0.3, -0.25) is 9.78 Å². The van der Waals surface area contributed by atoms with Gasteiger partial charge in [0.05, 0.1) is 23.6 Å². The molecule has 2 heterocycles. The van der Waals surface area contributed by atoms with E-state index in [4.69, 9.17) is 11.6 Å². The Morgan fingerprint density at radius 2 is 1.95 bits per heavy atom. The van der Waals surface area contributed by atoms with E-state index in [1.807, 2.05) is 12.1 Å². The van der Waals surface area contributed by atoms with Crippen molar-refractivity contribution in [1.82, 2.24) is 9.55 Å². The Labute approximate surface area is 119 Å². The topological polar surface area (TPSA) is 55.1 Å². The van der Waals surface area contributed by atoms with Gasteiger partial charge in [0.25, 0.3) is 5.56 Å². The Bertz CT molecular complexity index is 825. The molecule has 0 atom stereocenters. The largest absolute Gasteiger partial charge is 0.506 e. The van der Waals surface area contributed by atoms with E-state index < -0.39 is 0 Å². The van der Waals surface area contributed by atoms with E-state index in [0.29, 0.717) is 22.5 Å². The van der Waals surface area contributed by atoms with Crippen molar-refractivity contribution in [3.8, 4) is 5.75 Å².